The van der Waals surface area contributed by atoms with E-state index in [4.69, 9.17) is 16.6 Å². The molecule has 0 spiro atoms. The van der Waals surface area contributed by atoms with Gasteiger partial charge in [-0.2, -0.15) is 5.10 Å². The molecular weight excluding hydrogens is 523 g/mol. The van der Waals surface area contributed by atoms with Crippen LogP contribution in [-0.2, 0) is 6.54 Å². The maximum Gasteiger partial charge on any atom is 0.191 e. The molecule has 0 bridgehead atoms. The van der Waals surface area contributed by atoms with Gasteiger partial charge in [0.25, 0.3) is 0 Å². The van der Waals surface area contributed by atoms with Gasteiger partial charge in [0.1, 0.15) is 0 Å². The smallest absolute Gasteiger partial charge is 0.191 e. The van der Waals surface area contributed by atoms with E-state index < -0.39 is 0 Å². The molecule has 2 unspecified atom stereocenters. The SMILES string of the molecule is CCNC(=NCC1CCCN(C)C1c1cccc(Cl)c1)NCCCn1cc(C)cn1.I. The van der Waals surface area contributed by atoms with Crippen molar-refractivity contribution in [2.24, 2.45) is 10.9 Å². The lowest BCUT2D eigenvalue weighted by Crippen LogP contribution is -2.40. The molecule has 2 heterocycles. The van der Waals surface area contributed by atoms with E-state index in [2.05, 4.69) is 59.9 Å². The van der Waals surface area contributed by atoms with Crippen molar-refractivity contribution in [3.63, 3.8) is 0 Å². The van der Waals surface area contributed by atoms with Gasteiger partial charge in [0, 0.05) is 43.4 Å². The van der Waals surface area contributed by atoms with Crippen molar-refractivity contribution in [1.82, 2.24) is 25.3 Å². The molecule has 1 fully saturated rings. The molecular formula is C23H36ClIN6. The second-order valence-corrected chi connectivity index (χ2v) is 8.60. The standard InChI is InChI=1S/C23H35ClN6.HI/c1-4-25-23(26-11-7-13-30-17-18(2)15-28-30)27-16-20-9-6-12-29(3)22(20)19-8-5-10-21(24)14-19;/h5,8,10,14-15,17,20,22H,4,6-7,9,11-13,16H2,1-3H3,(H2,25,26,27);1H. The molecule has 0 amide bonds. The predicted molar refractivity (Wildman–Crippen MR) is 141 cm³/mol. The number of rotatable bonds is 8. The number of piperidine rings is 1. The van der Waals surface area contributed by atoms with E-state index in [1.807, 2.05) is 23.0 Å². The number of nitrogens with zero attached hydrogens (tertiary/aromatic N) is 4. The van der Waals surface area contributed by atoms with Crippen LogP contribution in [0.15, 0.2) is 41.7 Å². The number of guanidine groups is 1. The van der Waals surface area contributed by atoms with E-state index in [9.17, 15) is 0 Å². The second kappa shape index (κ2) is 13.3. The van der Waals surface area contributed by atoms with Crippen LogP contribution >= 0.6 is 35.6 Å². The van der Waals surface area contributed by atoms with Gasteiger partial charge < -0.3 is 10.6 Å². The molecule has 6 nitrogen and oxygen atoms in total. The minimum Gasteiger partial charge on any atom is -0.357 e. The Morgan fingerprint density at radius 2 is 2.16 bits per heavy atom. The zero-order valence-electron chi connectivity index (χ0n) is 18.9. The number of aryl methyl sites for hydroxylation is 2. The lowest BCUT2D eigenvalue weighted by atomic mass is 9.85. The molecule has 0 radical (unpaired) electrons. The number of likely N-dealkylation sites (tertiary alicyclic amines) is 1. The molecule has 1 aromatic carbocycles. The summed E-state index contributed by atoms with van der Waals surface area (Å²) in [5.74, 6) is 1.37. The highest BCUT2D eigenvalue weighted by Gasteiger charge is 2.30. The van der Waals surface area contributed by atoms with Crippen LogP contribution in [0.3, 0.4) is 0 Å². The van der Waals surface area contributed by atoms with Crippen LogP contribution in [0.25, 0.3) is 0 Å². The van der Waals surface area contributed by atoms with Crippen LogP contribution in [0.1, 0.15) is 43.4 Å². The van der Waals surface area contributed by atoms with Gasteiger partial charge in [-0.05, 0) is 75.9 Å². The van der Waals surface area contributed by atoms with Gasteiger partial charge >= 0.3 is 0 Å². The first kappa shape index (κ1) is 25.9. The van der Waals surface area contributed by atoms with Crippen molar-refractivity contribution in [2.45, 2.75) is 45.7 Å². The maximum atomic E-state index is 6.27. The Hall–Kier alpha value is -1.32. The average Bonchev–Trinajstić information content (AvgIpc) is 3.14. The molecule has 3 rings (SSSR count). The van der Waals surface area contributed by atoms with E-state index in [0.29, 0.717) is 12.0 Å². The summed E-state index contributed by atoms with van der Waals surface area (Å²) in [5, 5.41) is 12.0. The van der Waals surface area contributed by atoms with Crippen LogP contribution in [0.2, 0.25) is 5.02 Å². The van der Waals surface area contributed by atoms with Crippen molar-refractivity contribution in [3.8, 4) is 0 Å². The molecule has 2 N–H and O–H groups in total. The molecule has 1 aromatic heterocycles. The average molecular weight is 559 g/mol. The van der Waals surface area contributed by atoms with Gasteiger partial charge in [0.2, 0.25) is 0 Å². The Kier molecular flexibility index (Phi) is 11.1. The van der Waals surface area contributed by atoms with Gasteiger partial charge in [-0.25, -0.2) is 0 Å². The van der Waals surface area contributed by atoms with Crippen LogP contribution in [0, 0.1) is 12.8 Å². The fourth-order valence-corrected chi connectivity index (χ4v) is 4.45. The van der Waals surface area contributed by atoms with Crippen molar-refractivity contribution in [2.75, 3.05) is 33.2 Å². The Labute approximate surface area is 208 Å². The summed E-state index contributed by atoms with van der Waals surface area (Å²) < 4.78 is 1.99. The van der Waals surface area contributed by atoms with Crippen LogP contribution in [0.5, 0.6) is 0 Å². The highest BCUT2D eigenvalue weighted by Crippen LogP contribution is 2.36. The maximum absolute atomic E-state index is 6.27. The third-order valence-electron chi connectivity index (χ3n) is 5.64. The second-order valence-electron chi connectivity index (χ2n) is 8.16. The normalized spacial score (nSPS) is 19.7. The molecule has 1 aliphatic heterocycles. The van der Waals surface area contributed by atoms with Crippen molar-refractivity contribution in [3.05, 3.63) is 52.8 Å². The zero-order valence-corrected chi connectivity index (χ0v) is 21.9. The van der Waals surface area contributed by atoms with Crippen molar-refractivity contribution < 1.29 is 0 Å². The first-order valence-electron chi connectivity index (χ1n) is 11.0. The highest BCUT2D eigenvalue weighted by molar-refractivity contribution is 14.0. The fraction of sp³-hybridized carbons (Fsp3) is 0.565. The summed E-state index contributed by atoms with van der Waals surface area (Å²) in [5.41, 5.74) is 2.49. The third-order valence-corrected chi connectivity index (χ3v) is 5.88. The minimum absolute atomic E-state index is 0. The Bertz CT molecular complexity index is 824. The van der Waals surface area contributed by atoms with Crippen molar-refractivity contribution in [1.29, 1.82) is 0 Å². The number of benzene rings is 1. The Morgan fingerprint density at radius 3 is 2.87 bits per heavy atom. The molecule has 1 saturated heterocycles. The molecule has 2 aromatic rings. The van der Waals surface area contributed by atoms with Gasteiger partial charge in [-0.3, -0.25) is 14.6 Å². The monoisotopic (exact) mass is 558 g/mol. The molecule has 172 valence electrons. The minimum atomic E-state index is 0. The first-order valence-corrected chi connectivity index (χ1v) is 11.4. The van der Waals surface area contributed by atoms with Gasteiger partial charge in [0.05, 0.1) is 6.20 Å². The van der Waals surface area contributed by atoms with E-state index in [-0.39, 0.29) is 24.0 Å². The number of hydrogen-bond acceptors (Lipinski definition) is 3. The van der Waals surface area contributed by atoms with Gasteiger partial charge in [0.15, 0.2) is 5.96 Å². The third kappa shape index (κ3) is 7.95. The van der Waals surface area contributed by atoms with Crippen LogP contribution < -0.4 is 10.6 Å². The van der Waals surface area contributed by atoms with Crippen LogP contribution in [-0.4, -0.2) is 53.9 Å². The summed E-state index contributed by atoms with van der Waals surface area (Å²) >= 11 is 6.27. The molecule has 31 heavy (non-hydrogen) atoms. The van der Waals surface area contributed by atoms with Crippen molar-refractivity contribution >= 4 is 41.5 Å². The predicted octanol–water partition coefficient (Wildman–Crippen LogP) is 4.49. The number of aromatic nitrogens is 2. The first-order chi connectivity index (χ1) is 14.6. The Balaban J connectivity index is 0.00000341. The number of hydrogen-bond donors (Lipinski definition) is 2. The molecule has 2 atom stereocenters. The quantitative estimate of drug-likeness (QED) is 0.217. The molecule has 1 aliphatic rings. The number of nitrogens with one attached hydrogen (secondary N) is 2. The summed E-state index contributed by atoms with van der Waals surface area (Å²) in [4.78, 5) is 7.38. The summed E-state index contributed by atoms with van der Waals surface area (Å²) in [6.07, 6.45) is 7.37. The largest absolute Gasteiger partial charge is 0.357 e. The van der Waals surface area contributed by atoms with E-state index in [0.717, 1.165) is 50.1 Å². The van der Waals surface area contributed by atoms with E-state index >= 15 is 0 Å². The van der Waals surface area contributed by atoms with Gasteiger partial charge in [-0.15, -0.1) is 24.0 Å². The summed E-state index contributed by atoms with van der Waals surface area (Å²) in [6.45, 7) is 8.71. The zero-order chi connectivity index (χ0) is 21.3. The summed E-state index contributed by atoms with van der Waals surface area (Å²) in [6, 6.07) is 8.64. The van der Waals surface area contributed by atoms with Crippen LogP contribution in [0.4, 0.5) is 0 Å². The Morgan fingerprint density at radius 1 is 1.32 bits per heavy atom. The summed E-state index contributed by atoms with van der Waals surface area (Å²) in [7, 11) is 2.21. The van der Waals surface area contributed by atoms with Gasteiger partial charge in [-0.1, -0.05) is 23.7 Å². The lowest BCUT2D eigenvalue weighted by molar-refractivity contribution is 0.125. The molecule has 0 saturated carbocycles. The number of aliphatic imine (C=N–C) groups is 1. The number of halogens is 2. The molecule has 8 heteroatoms. The highest BCUT2D eigenvalue weighted by atomic mass is 127. The fourth-order valence-electron chi connectivity index (χ4n) is 4.26. The molecule has 0 aliphatic carbocycles. The topological polar surface area (TPSA) is 57.5 Å². The van der Waals surface area contributed by atoms with E-state index in [1.54, 1.807) is 0 Å². The van der Waals surface area contributed by atoms with E-state index in [1.165, 1.54) is 24.0 Å². The lowest BCUT2D eigenvalue weighted by Gasteiger charge is -2.39.